The van der Waals surface area contributed by atoms with Crippen LogP contribution in [0.15, 0.2) is 18.2 Å². The second-order valence-corrected chi connectivity index (χ2v) is 4.67. The van der Waals surface area contributed by atoms with Crippen molar-refractivity contribution in [3.63, 3.8) is 0 Å². The molecule has 1 fully saturated rings. The van der Waals surface area contributed by atoms with Gasteiger partial charge in [-0.15, -0.1) is 0 Å². The van der Waals surface area contributed by atoms with E-state index in [-0.39, 0.29) is 0 Å². The quantitative estimate of drug-likeness (QED) is 0.873. The molecule has 0 amide bonds. The van der Waals surface area contributed by atoms with E-state index in [2.05, 4.69) is 23.2 Å². The molecule has 1 aliphatic heterocycles. The Morgan fingerprint density at radius 2 is 2.39 bits per heavy atom. The molecule has 0 spiro atoms. The number of ether oxygens (including phenoxy) is 1. The lowest BCUT2D eigenvalue weighted by atomic mass is 10.1. The molecule has 1 heterocycles. The molecule has 1 saturated heterocycles. The summed E-state index contributed by atoms with van der Waals surface area (Å²) in [6, 6.07) is 8.49. The van der Waals surface area contributed by atoms with Crippen LogP contribution in [-0.2, 0) is 6.54 Å². The van der Waals surface area contributed by atoms with Gasteiger partial charge in [0.25, 0.3) is 0 Å². The Labute approximate surface area is 108 Å². The average molecular weight is 245 g/mol. The molecule has 4 nitrogen and oxygen atoms in total. The lowest BCUT2D eigenvalue weighted by Crippen LogP contribution is -2.49. The van der Waals surface area contributed by atoms with Crippen LogP contribution in [0.1, 0.15) is 18.1 Å². The normalized spacial score (nSPS) is 20.4. The number of nitrogens with one attached hydrogen (secondary N) is 1. The van der Waals surface area contributed by atoms with Crippen LogP contribution in [0.3, 0.4) is 0 Å². The van der Waals surface area contributed by atoms with Crippen molar-refractivity contribution in [3.8, 4) is 11.8 Å². The fourth-order valence-electron chi connectivity index (χ4n) is 2.28. The monoisotopic (exact) mass is 245 g/mol. The highest BCUT2D eigenvalue weighted by molar-refractivity contribution is 5.45. The standard InChI is InChI=1S/C14H19N3O/c1-11-9-16-5-6-17(11)10-12-3-4-13(8-15)14(7-12)18-2/h3-4,7,11,16H,5-6,9-10H2,1-2H3/t11-/m0/s1. The largest absolute Gasteiger partial charge is 0.495 e. The first-order chi connectivity index (χ1) is 8.74. The summed E-state index contributed by atoms with van der Waals surface area (Å²) in [5, 5.41) is 12.3. The number of methoxy groups -OCH3 is 1. The Morgan fingerprint density at radius 3 is 3.06 bits per heavy atom. The summed E-state index contributed by atoms with van der Waals surface area (Å²) in [5.41, 5.74) is 1.79. The van der Waals surface area contributed by atoms with Gasteiger partial charge in [-0.25, -0.2) is 0 Å². The molecule has 0 radical (unpaired) electrons. The lowest BCUT2D eigenvalue weighted by Gasteiger charge is -2.33. The number of nitrogens with zero attached hydrogens (tertiary/aromatic N) is 2. The van der Waals surface area contributed by atoms with Gasteiger partial charge in [-0.05, 0) is 24.6 Å². The van der Waals surface area contributed by atoms with Gasteiger partial charge in [0, 0.05) is 32.2 Å². The van der Waals surface area contributed by atoms with E-state index in [0.717, 1.165) is 26.2 Å². The summed E-state index contributed by atoms with van der Waals surface area (Å²) in [6.45, 7) is 6.27. The number of nitriles is 1. The van der Waals surface area contributed by atoms with E-state index >= 15 is 0 Å². The van der Waals surface area contributed by atoms with E-state index in [9.17, 15) is 0 Å². The minimum Gasteiger partial charge on any atom is -0.495 e. The molecule has 1 atom stereocenters. The van der Waals surface area contributed by atoms with Crippen LogP contribution in [0.2, 0.25) is 0 Å². The molecule has 1 aromatic carbocycles. The topological polar surface area (TPSA) is 48.3 Å². The predicted molar refractivity (Wildman–Crippen MR) is 70.5 cm³/mol. The van der Waals surface area contributed by atoms with Crippen LogP contribution in [0.25, 0.3) is 0 Å². The van der Waals surface area contributed by atoms with E-state index in [0.29, 0.717) is 17.4 Å². The van der Waals surface area contributed by atoms with Crippen LogP contribution in [0, 0.1) is 11.3 Å². The zero-order chi connectivity index (χ0) is 13.0. The maximum atomic E-state index is 8.96. The molecule has 0 aromatic heterocycles. The molecule has 1 aromatic rings. The molecular formula is C14H19N3O. The fraction of sp³-hybridized carbons (Fsp3) is 0.500. The zero-order valence-electron chi connectivity index (χ0n) is 10.9. The predicted octanol–water partition coefficient (Wildman–Crippen LogP) is 1.36. The fourth-order valence-corrected chi connectivity index (χ4v) is 2.28. The highest BCUT2D eigenvalue weighted by Gasteiger charge is 2.18. The second kappa shape index (κ2) is 5.85. The van der Waals surface area contributed by atoms with Gasteiger partial charge in [0.15, 0.2) is 0 Å². The first-order valence-electron chi connectivity index (χ1n) is 6.26. The third kappa shape index (κ3) is 2.81. The molecule has 18 heavy (non-hydrogen) atoms. The first-order valence-corrected chi connectivity index (χ1v) is 6.26. The van der Waals surface area contributed by atoms with Gasteiger partial charge < -0.3 is 10.1 Å². The number of rotatable bonds is 3. The molecule has 0 bridgehead atoms. The van der Waals surface area contributed by atoms with Gasteiger partial charge in [0.2, 0.25) is 0 Å². The molecule has 1 N–H and O–H groups in total. The molecule has 4 heteroatoms. The lowest BCUT2D eigenvalue weighted by molar-refractivity contribution is 0.165. The van der Waals surface area contributed by atoms with E-state index in [4.69, 9.17) is 10.00 Å². The van der Waals surface area contributed by atoms with Crippen LogP contribution in [0.5, 0.6) is 5.75 Å². The Balaban J connectivity index is 2.12. The van der Waals surface area contributed by atoms with E-state index in [1.54, 1.807) is 7.11 Å². The minimum absolute atomic E-state index is 0.542. The average Bonchev–Trinajstić information content (AvgIpc) is 2.41. The van der Waals surface area contributed by atoms with Gasteiger partial charge >= 0.3 is 0 Å². The zero-order valence-corrected chi connectivity index (χ0v) is 10.9. The van der Waals surface area contributed by atoms with Gasteiger partial charge in [0.1, 0.15) is 11.8 Å². The van der Waals surface area contributed by atoms with Crippen LogP contribution in [-0.4, -0.2) is 37.7 Å². The second-order valence-electron chi connectivity index (χ2n) is 4.67. The first kappa shape index (κ1) is 12.9. The number of piperazine rings is 1. The summed E-state index contributed by atoms with van der Waals surface area (Å²) < 4.78 is 5.24. The highest BCUT2D eigenvalue weighted by Crippen LogP contribution is 2.21. The molecule has 96 valence electrons. The molecular weight excluding hydrogens is 226 g/mol. The van der Waals surface area contributed by atoms with Crippen molar-refractivity contribution in [1.82, 2.24) is 10.2 Å². The summed E-state index contributed by atoms with van der Waals surface area (Å²) >= 11 is 0. The van der Waals surface area contributed by atoms with Crippen molar-refractivity contribution >= 4 is 0 Å². The SMILES string of the molecule is COc1cc(CN2CCNC[C@@H]2C)ccc1C#N. The van der Waals surface area contributed by atoms with Crippen molar-refractivity contribution in [2.45, 2.75) is 19.5 Å². The maximum Gasteiger partial charge on any atom is 0.136 e. The van der Waals surface area contributed by atoms with Crippen LogP contribution < -0.4 is 10.1 Å². The molecule has 0 aliphatic carbocycles. The third-order valence-corrected chi connectivity index (χ3v) is 3.41. The molecule has 2 rings (SSSR count). The summed E-state index contributed by atoms with van der Waals surface area (Å²) in [7, 11) is 1.60. The molecule has 1 aliphatic rings. The van der Waals surface area contributed by atoms with Gasteiger partial charge in [-0.1, -0.05) is 6.07 Å². The number of hydrogen-bond acceptors (Lipinski definition) is 4. The summed E-state index contributed by atoms with van der Waals surface area (Å²) in [4.78, 5) is 2.44. The Morgan fingerprint density at radius 1 is 1.56 bits per heavy atom. The van der Waals surface area contributed by atoms with Crippen molar-refractivity contribution in [1.29, 1.82) is 5.26 Å². The Hall–Kier alpha value is -1.57. The van der Waals surface area contributed by atoms with Crippen molar-refractivity contribution in [2.75, 3.05) is 26.7 Å². The number of hydrogen-bond donors (Lipinski definition) is 1. The summed E-state index contributed by atoms with van der Waals surface area (Å²) in [6.07, 6.45) is 0. The van der Waals surface area contributed by atoms with Crippen molar-refractivity contribution < 1.29 is 4.74 Å². The minimum atomic E-state index is 0.542. The Kier molecular flexibility index (Phi) is 4.19. The van der Waals surface area contributed by atoms with E-state index in [1.807, 2.05) is 18.2 Å². The smallest absolute Gasteiger partial charge is 0.136 e. The molecule has 0 saturated carbocycles. The van der Waals surface area contributed by atoms with Crippen molar-refractivity contribution in [3.05, 3.63) is 29.3 Å². The van der Waals surface area contributed by atoms with Gasteiger partial charge in [-0.2, -0.15) is 5.26 Å². The van der Waals surface area contributed by atoms with Gasteiger partial charge in [-0.3, -0.25) is 4.90 Å². The van der Waals surface area contributed by atoms with Crippen molar-refractivity contribution in [2.24, 2.45) is 0 Å². The van der Waals surface area contributed by atoms with Gasteiger partial charge in [0.05, 0.1) is 12.7 Å². The highest BCUT2D eigenvalue weighted by atomic mass is 16.5. The Bertz CT molecular complexity index is 453. The third-order valence-electron chi connectivity index (χ3n) is 3.41. The molecule has 0 unspecified atom stereocenters. The maximum absolute atomic E-state index is 8.96. The van der Waals surface area contributed by atoms with E-state index < -0.39 is 0 Å². The van der Waals surface area contributed by atoms with Crippen LogP contribution >= 0.6 is 0 Å². The summed E-state index contributed by atoms with van der Waals surface area (Å²) in [5.74, 6) is 0.665. The number of benzene rings is 1. The van der Waals surface area contributed by atoms with E-state index in [1.165, 1.54) is 5.56 Å². The van der Waals surface area contributed by atoms with Crippen LogP contribution in [0.4, 0.5) is 0 Å².